The number of aromatic nitrogens is 3. The zero-order chi connectivity index (χ0) is 26.3. The number of rotatable bonds is 4. The van der Waals surface area contributed by atoms with E-state index in [2.05, 4.69) is 35.5 Å². The number of piperazine rings is 1. The fraction of sp³-hybridized carbons (Fsp3) is 0.360. The van der Waals surface area contributed by atoms with Gasteiger partial charge >= 0.3 is 6.18 Å². The highest BCUT2D eigenvalue weighted by Gasteiger charge is 2.32. The summed E-state index contributed by atoms with van der Waals surface area (Å²) in [7, 11) is 4.10. The predicted octanol–water partition coefficient (Wildman–Crippen LogP) is 4.50. The lowest BCUT2D eigenvalue weighted by molar-refractivity contribution is -0.137. The van der Waals surface area contributed by atoms with E-state index in [-0.39, 0.29) is 5.69 Å². The number of thiocarbonyl (C=S) groups is 1. The molecule has 12 heteroatoms. The van der Waals surface area contributed by atoms with E-state index in [1.165, 1.54) is 6.07 Å². The SMILES string of the molecule is Cc1nc(N2CCN(N(C)C)CC2)ccc1Nc1ncc2c(n1)-c1ccc(C(F)(F)F)cc1NC(=S)C2. The second-order valence-corrected chi connectivity index (χ2v) is 9.76. The number of fused-ring (bicyclic) bond motifs is 3. The van der Waals surface area contributed by atoms with Crippen molar-refractivity contribution in [2.45, 2.75) is 19.5 Å². The third kappa shape index (κ3) is 5.36. The molecule has 8 nitrogen and oxygen atoms in total. The molecule has 0 aliphatic carbocycles. The standard InChI is InChI=1S/C25H27F3N8S/c1-15-19(6-7-21(30-15)35-8-10-36(11-9-35)34(2)3)32-24-29-14-16-12-22(37)31-20-13-17(25(26,27)28)4-5-18(20)23(16)33-24/h4-7,13-14H,8-12H2,1-3H3,(H,31,37)(H,29,32,33). The molecule has 0 atom stereocenters. The molecule has 3 aromatic rings. The van der Waals surface area contributed by atoms with Gasteiger partial charge < -0.3 is 15.5 Å². The monoisotopic (exact) mass is 528 g/mol. The number of hydrogen-bond acceptors (Lipinski definition) is 8. The topological polar surface area (TPSA) is 72.5 Å². The Bertz CT molecular complexity index is 1340. The normalized spacial score (nSPS) is 16.2. The Morgan fingerprint density at radius 3 is 2.49 bits per heavy atom. The summed E-state index contributed by atoms with van der Waals surface area (Å²) in [6.07, 6.45) is -2.47. The van der Waals surface area contributed by atoms with Gasteiger partial charge in [-0.1, -0.05) is 18.3 Å². The van der Waals surface area contributed by atoms with Gasteiger partial charge in [-0.3, -0.25) is 0 Å². The summed E-state index contributed by atoms with van der Waals surface area (Å²) in [5.74, 6) is 1.24. The number of hydrogen-bond donors (Lipinski definition) is 2. The number of pyridine rings is 1. The quantitative estimate of drug-likeness (QED) is 0.476. The lowest BCUT2D eigenvalue weighted by atomic mass is 10.0. The van der Waals surface area contributed by atoms with Crippen LogP contribution in [0.5, 0.6) is 0 Å². The minimum atomic E-state index is -4.46. The predicted molar refractivity (Wildman–Crippen MR) is 142 cm³/mol. The minimum Gasteiger partial charge on any atom is -0.354 e. The van der Waals surface area contributed by atoms with Gasteiger partial charge in [-0.05, 0) is 31.2 Å². The molecule has 1 saturated heterocycles. The Morgan fingerprint density at radius 1 is 1.05 bits per heavy atom. The van der Waals surface area contributed by atoms with Crippen LogP contribution in [0.4, 0.5) is 36.3 Å². The molecule has 2 aliphatic rings. The third-order valence-corrected chi connectivity index (χ3v) is 6.80. The molecule has 0 bridgehead atoms. The second kappa shape index (κ2) is 9.84. The molecule has 5 rings (SSSR count). The summed E-state index contributed by atoms with van der Waals surface area (Å²) in [6.45, 7) is 5.55. The zero-order valence-corrected chi connectivity index (χ0v) is 21.5. The van der Waals surface area contributed by atoms with E-state index in [9.17, 15) is 13.2 Å². The van der Waals surface area contributed by atoms with Crippen molar-refractivity contribution in [3.63, 3.8) is 0 Å². The molecule has 37 heavy (non-hydrogen) atoms. The average molecular weight is 529 g/mol. The molecule has 0 unspecified atom stereocenters. The third-order valence-electron chi connectivity index (χ3n) is 6.55. The number of aryl methyl sites for hydroxylation is 1. The first-order valence-electron chi connectivity index (χ1n) is 11.9. The number of nitrogens with one attached hydrogen (secondary N) is 2. The maximum atomic E-state index is 13.3. The highest BCUT2D eigenvalue weighted by atomic mass is 32.1. The van der Waals surface area contributed by atoms with Gasteiger partial charge in [0.05, 0.1) is 27.6 Å². The lowest BCUT2D eigenvalue weighted by Gasteiger charge is -2.38. The summed E-state index contributed by atoms with van der Waals surface area (Å²) in [5, 5.41) is 10.6. The van der Waals surface area contributed by atoms with Crippen molar-refractivity contribution in [2.24, 2.45) is 0 Å². The van der Waals surface area contributed by atoms with Crippen molar-refractivity contribution in [3.8, 4) is 11.3 Å². The van der Waals surface area contributed by atoms with Crippen LogP contribution in [0.15, 0.2) is 36.5 Å². The number of alkyl halides is 3. The Kier molecular flexibility index (Phi) is 6.73. The van der Waals surface area contributed by atoms with Crippen LogP contribution < -0.4 is 15.5 Å². The molecule has 0 saturated carbocycles. The van der Waals surface area contributed by atoms with Crippen LogP contribution in [-0.2, 0) is 12.6 Å². The highest BCUT2D eigenvalue weighted by Crippen LogP contribution is 2.38. The number of halogens is 3. The van der Waals surface area contributed by atoms with Crippen LogP contribution in [0.3, 0.4) is 0 Å². The van der Waals surface area contributed by atoms with Crippen LogP contribution >= 0.6 is 12.2 Å². The highest BCUT2D eigenvalue weighted by molar-refractivity contribution is 7.80. The van der Waals surface area contributed by atoms with Gasteiger partial charge in [0.15, 0.2) is 0 Å². The fourth-order valence-electron chi connectivity index (χ4n) is 4.53. The van der Waals surface area contributed by atoms with E-state index >= 15 is 0 Å². The van der Waals surface area contributed by atoms with Crippen molar-refractivity contribution in [1.82, 2.24) is 25.0 Å². The summed E-state index contributed by atoms with van der Waals surface area (Å²) in [4.78, 5) is 16.6. The molecule has 4 heterocycles. The smallest absolute Gasteiger partial charge is 0.354 e. The maximum absolute atomic E-state index is 13.3. The van der Waals surface area contributed by atoms with E-state index in [0.717, 1.165) is 61.1 Å². The van der Waals surface area contributed by atoms with E-state index < -0.39 is 11.7 Å². The van der Waals surface area contributed by atoms with Crippen LogP contribution in [0, 0.1) is 6.92 Å². The molecular weight excluding hydrogens is 501 g/mol. The van der Waals surface area contributed by atoms with Crippen molar-refractivity contribution in [1.29, 1.82) is 0 Å². The van der Waals surface area contributed by atoms with Crippen molar-refractivity contribution in [3.05, 3.63) is 53.3 Å². The molecular formula is C25H27F3N8S. The molecule has 1 fully saturated rings. The number of hydrazine groups is 1. The average Bonchev–Trinajstić information content (AvgIpc) is 2.99. The van der Waals surface area contributed by atoms with Crippen LogP contribution in [0.2, 0.25) is 0 Å². The molecule has 194 valence electrons. The first-order chi connectivity index (χ1) is 17.6. The van der Waals surface area contributed by atoms with Crippen LogP contribution in [-0.4, -0.2) is 70.2 Å². The van der Waals surface area contributed by atoms with Gasteiger partial charge in [0.1, 0.15) is 5.82 Å². The van der Waals surface area contributed by atoms with Gasteiger partial charge in [0.25, 0.3) is 0 Å². The molecule has 2 aromatic heterocycles. The van der Waals surface area contributed by atoms with E-state index in [4.69, 9.17) is 17.2 Å². The number of nitrogens with zero attached hydrogens (tertiary/aromatic N) is 6. The molecule has 2 aliphatic heterocycles. The fourth-order valence-corrected chi connectivity index (χ4v) is 4.79. The number of benzene rings is 1. The van der Waals surface area contributed by atoms with Gasteiger partial charge in [0, 0.05) is 69.7 Å². The Balaban J connectivity index is 1.39. The number of anilines is 4. The largest absolute Gasteiger partial charge is 0.416 e. The Morgan fingerprint density at radius 2 is 1.81 bits per heavy atom. The second-order valence-electron chi connectivity index (χ2n) is 9.27. The summed E-state index contributed by atoms with van der Waals surface area (Å²) in [6, 6.07) is 7.47. The maximum Gasteiger partial charge on any atom is 0.416 e. The molecule has 1 aromatic carbocycles. The zero-order valence-electron chi connectivity index (χ0n) is 20.7. The van der Waals surface area contributed by atoms with Crippen LogP contribution in [0.25, 0.3) is 11.3 Å². The Labute approximate surface area is 218 Å². The first kappa shape index (κ1) is 25.3. The first-order valence-corrected chi connectivity index (χ1v) is 12.3. The van der Waals surface area contributed by atoms with Gasteiger partial charge in [0.2, 0.25) is 5.95 Å². The summed E-state index contributed by atoms with van der Waals surface area (Å²) in [5.41, 5.74) is 2.89. The van der Waals surface area contributed by atoms with Gasteiger partial charge in [-0.2, -0.15) is 13.2 Å². The Hall–Kier alpha value is -3.35. The lowest BCUT2D eigenvalue weighted by Crippen LogP contribution is -2.51. The van der Waals surface area contributed by atoms with E-state index in [1.54, 1.807) is 6.20 Å². The summed E-state index contributed by atoms with van der Waals surface area (Å²) >= 11 is 5.34. The van der Waals surface area contributed by atoms with Gasteiger partial charge in [-0.25, -0.2) is 25.0 Å². The molecule has 0 radical (unpaired) electrons. The minimum absolute atomic E-state index is 0.278. The van der Waals surface area contributed by atoms with Crippen molar-refractivity contribution in [2.75, 3.05) is 55.8 Å². The molecule has 0 amide bonds. The molecule has 2 N–H and O–H groups in total. The molecule has 0 spiro atoms. The van der Waals surface area contributed by atoms with Crippen LogP contribution in [0.1, 0.15) is 16.8 Å². The van der Waals surface area contributed by atoms with Crippen molar-refractivity contribution >= 4 is 40.3 Å². The van der Waals surface area contributed by atoms with E-state index in [0.29, 0.717) is 28.6 Å². The van der Waals surface area contributed by atoms with Crippen molar-refractivity contribution < 1.29 is 13.2 Å². The van der Waals surface area contributed by atoms with E-state index in [1.807, 2.05) is 33.2 Å². The van der Waals surface area contributed by atoms with Gasteiger partial charge in [-0.15, -0.1) is 0 Å². The summed E-state index contributed by atoms with van der Waals surface area (Å²) < 4.78 is 39.9.